The predicted octanol–water partition coefficient (Wildman–Crippen LogP) is 2.73. The third-order valence-corrected chi connectivity index (χ3v) is 4.25. The molecule has 2 aromatic rings. The first-order chi connectivity index (χ1) is 14.4. The monoisotopic (exact) mass is 406 g/mol. The predicted molar refractivity (Wildman–Crippen MR) is 118 cm³/mol. The minimum Gasteiger partial charge on any atom is -0.872 e. The average Bonchev–Trinajstić information content (AvgIpc) is 2.76. The van der Waals surface area contributed by atoms with Crippen LogP contribution in [0.2, 0.25) is 0 Å². The smallest absolute Gasteiger partial charge is 0.118 e. The number of ether oxygens (including phenoxy) is 2. The van der Waals surface area contributed by atoms with Crippen molar-refractivity contribution >= 4 is 22.9 Å². The van der Waals surface area contributed by atoms with Crippen molar-refractivity contribution in [2.24, 2.45) is 9.98 Å². The Morgan fingerprint density at radius 2 is 1.03 bits per heavy atom. The van der Waals surface area contributed by atoms with Gasteiger partial charge in [-0.05, 0) is 61.4 Å². The van der Waals surface area contributed by atoms with Gasteiger partial charge in [-0.1, -0.05) is 35.8 Å². The fraction of sp³-hybridized carbons (Fsp3) is 0.250. The fourth-order valence-corrected chi connectivity index (χ4v) is 2.60. The molecule has 0 spiro atoms. The number of rotatable bonds is 9. The molecule has 0 amide bonds. The highest BCUT2D eigenvalue weighted by atomic mass is 16.5. The van der Waals surface area contributed by atoms with Gasteiger partial charge in [0, 0.05) is 11.4 Å². The van der Waals surface area contributed by atoms with Crippen LogP contribution in [0.3, 0.4) is 0 Å². The van der Waals surface area contributed by atoms with Crippen molar-refractivity contribution < 1.29 is 19.7 Å². The largest absolute Gasteiger partial charge is 0.872 e. The van der Waals surface area contributed by atoms with Crippen LogP contribution in [-0.2, 0) is 0 Å². The molecular formula is C24H26N2O4-2. The molecule has 30 heavy (non-hydrogen) atoms. The third kappa shape index (κ3) is 7.13. The van der Waals surface area contributed by atoms with Crippen LogP contribution in [0.25, 0.3) is 11.5 Å². The summed E-state index contributed by atoms with van der Waals surface area (Å²) in [6, 6.07) is 13.8. The van der Waals surface area contributed by atoms with E-state index in [4.69, 9.17) is 9.47 Å². The highest BCUT2D eigenvalue weighted by molar-refractivity contribution is 5.98. The number of benzene rings is 2. The van der Waals surface area contributed by atoms with Gasteiger partial charge in [0.2, 0.25) is 0 Å². The second kappa shape index (κ2) is 11.5. The van der Waals surface area contributed by atoms with E-state index in [0.29, 0.717) is 47.1 Å². The van der Waals surface area contributed by atoms with Crippen LogP contribution in [0.4, 0.5) is 0 Å². The molecule has 6 heteroatoms. The zero-order valence-corrected chi connectivity index (χ0v) is 17.7. The summed E-state index contributed by atoms with van der Waals surface area (Å²) in [7, 11) is 3.16. The Morgan fingerprint density at radius 3 is 1.33 bits per heavy atom. The van der Waals surface area contributed by atoms with Crippen LogP contribution >= 0.6 is 0 Å². The Kier molecular flexibility index (Phi) is 8.69. The van der Waals surface area contributed by atoms with E-state index in [1.165, 1.54) is 12.2 Å². The minimum absolute atomic E-state index is 0.114. The van der Waals surface area contributed by atoms with Crippen LogP contribution in [0.1, 0.15) is 25.0 Å². The van der Waals surface area contributed by atoms with Crippen molar-refractivity contribution in [1.82, 2.24) is 0 Å². The summed E-state index contributed by atoms with van der Waals surface area (Å²) < 4.78 is 10.2. The molecule has 2 aromatic carbocycles. The Bertz CT molecular complexity index is 861. The summed E-state index contributed by atoms with van der Waals surface area (Å²) in [6.45, 7) is 4.41. The van der Waals surface area contributed by atoms with Crippen LogP contribution in [0.5, 0.6) is 11.5 Å². The lowest BCUT2D eigenvalue weighted by Gasteiger charge is -2.13. The molecule has 0 aliphatic heterocycles. The van der Waals surface area contributed by atoms with E-state index in [9.17, 15) is 10.2 Å². The van der Waals surface area contributed by atoms with E-state index < -0.39 is 0 Å². The molecule has 0 aliphatic carbocycles. The van der Waals surface area contributed by atoms with Crippen molar-refractivity contribution in [3.63, 3.8) is 0 Å². The van der Waals surface area contributed by atoms with E-state index in [-0.39, 0.29) is 11.5 Å². The Balaban J connectivity index is 1.91. The molecule has 0 saturated carbocycles. The van der Waals surface area contributed by atoms with Gasteiger partial charge < -0.3 is 19.7 Å². The Hall–Kier alpha value is -3.54. The van der Waals surface area contributed by atoms with Gasteiger partial charge in [-0.15, -0.1) is 0 Å². The average molecular weight is 406 g/mol. The number of hydrogen-bond acceptors (Lipinski definition) is 6. The molecule has 0 fully saturated rings. The molecule has 158 valence electrons. The highest BCUT2D eigenvalue weighted by Crippen LogP contribution is 2.16. The van der Waals surface area contributed by atoms with Crippen molar-refractivity contribution in [2.45, 2.75) is 13.8 Å². The fourth-order valence-electron chi connectivity index (χ4n) is 2.60. The number of nitrogens with zero attached hydrogens (tertiary/aromatic N) is 2. The molecular weight excluding hydrogens is 380 g/mol. The summed E-state index contributed by atoms with van der Waals surface area (Å²) in [5.41, 5.74) is 2.40. The molecule has 0 radical (unpaired) electrons. The lowest BCUT2D eigenvalue weighted by molar-refractivity contribution is -0.244. The maximum absolute atomic E-state index is 12.2. The molecule has 0 heterocycles. The van der Waals surface area contributed by atoms with Gasteiger partial charge in [0.1, 0.15) is 11.5 Å². The first-order valence-corrected chi connectivity index (χ1v) is 9.51. The molecule has 0 atom stereocenters. The molecule has 2 rings (SSSR count). The van der Waals surface area contributed by atoms with Crippen molar-refractivity contribution in [1.29, 1.82) is 0 Å². The first kappa shape index (κ1) is 22.7. The normalized spacial score (nSPS) is 13.3. The van der Waals surface area contributed by atoms with Crippen molar-refractivity contribution in [2.75, 3.05) is 27.3 Å². The van der Waals surface area contributed by atoms with Crippen LogP contribution < -0.4 is 19.7 Å². The zero-order chi connectivity index (χ0) is 21.9. The molecule has 0 aromatic heterocycles. The van der Waals surface area contributed by atoms with E-state index in [1.807, 2.05) is 0 Å². The van der Waals surface area contributed by atoms with E-state index in [2.05, 4.69) is 9.98 Å². The molecule has 6 nitrogen and oxygen atoms in total. The van der Waals surface area contributed by atoms with Gasteiger partial charge in [-0.25, -0.2) is 0 Å². The molecule has 0 saturated heterocycles. The van der Waals surface area contributed by atoms with Crippen molar-refractivity contribution in [3.8, 4) is 11.5 Å². The minimum atomic E-state index is -0.114. The van der Waals surface area contributed by atoms with E-state index in [0.717, 1.165) is 0 Å². The number of methoxy groups -OCH3 is 2. The van der Waals surface area contributed by atoms with Gasteiger partial charge in [0.25, 0.3) is 0 Å². The number of hydrogen-bond donors (Lipinski definition) is 0. The van der Waals surface area contributed by atoms with Gasteiger partial charge in [-0.2, -0.15) is 0 Å². The Labute approximate surface area is 177 Å². The third-order valence-electron chi connectivity index (χ3n) is 4.25. The van der Waals surface area contributed by atoms with Crippen molar-refractivity contribution in [3.05, 3.63) is 71.8 Å². The van der Waals surface area contributed by atoms with Crippen LogP contribution in [-0.4, -0.2) is 38.7 Å². The SMILES string of the molecule is COc1ccc(/C([O-])=C/C(C)=NCCN=C(C)/C=C(\[O-])c2ccc(OC)cc2)cc1. The maximum Gasteiger partial charge on any atom is 0.118 e. The van der Waals surface area contributed by atoms with E-state index >= 15 is 0 Å². The molecule has 0 unspecified atom stereocenters. The zero-order valence-electron chi connectivity index (χ0n) is 17.7. The Morgan fingerprint density at radius 1 is 0.700 bits per heavy atom. The summed E-state index contributed by atoms with van der Waals surface area (Å²) in [5.74, 6) is 1.17. The topological polar surface area (TPSA) is 89.3 Å². The summed E-state index contributed by atoms with van der Waals surface area (Å²) in [6.07, 6.45) is 3.00. The standard InChI is InChI=1S/C24H28N2O4/c1-17(15-23(27)19-5-9-21(29-3)10-6-19)25-13-14-26-18(2)16-24(28)20-7-11-22(30-4)12-8-20/h5-12,15-16,27-28H,13-14H2,1-4H3/p-2/b23-15-,24-16-,25-17?,26-18?. The van der Waals surface area contributed by atoms with Crippen LogP contribution in [0, 0.1) is 0 Å². The lowest BCUT2D eigenvalue weighted by Crippen LogP contribution is -2.06. The summed E-state index contributed by atoms with van der Waals surface area (Å²) in [4.78, 5) is 8.70. The molecule has 0 bridgehead atoms. The molecule has 0 aliphatic rings. The maximum atomic E-state index is 12.2. The lowest BCUT2D eigenvalue weighted by atomic mass is 10.1. The van der Waals surface area contributed by atoms with Gasteiger partial charge >= 0.3 is 0 Å². The van der Waals surface area contributed by atoms with Gasteiger partial charge in [0.05, 0.1) is 27.3 Å². The van der Waals surface area contributed by atoms with Crippen LogP contribution in [0.15, 0.2) is 70.7 Å². The van der Waals surface area contributed by atoms with Gasteiger partial charge in [-0.3, -0.25) is 9.98 Å². The number of allylic oxidation sites excluding steroid dienone is 2. The second-order valence-corrected chi connectivity index (χ2v) is 6.52. The number of aliphatic imine (C=N–C) groups is 2. The first-order valence-electron chi connectivity index (χ1n) is 9.51. The van der Waals surface area contributed by atoms with Gasteiger partial charge in [0.15, 0.2) is 0 Å². The van der Waals surface area contributed by atoms with E-state index in [1.54, 1.807) is 76.6 Å². The second-order valence-electron chi connectivity index (χ2n) is 6.52. The quantitative estimate of drug-likeness (QED) is 0.364. The highest BCUT2D eigenvalue weighted by Gasteiger charge is 1.95. The summed E-state index contributed by atoms with van der Waals surface area (Å²) in [5, 5.41) is 24.5. The summed E-state index contributed by atoms with van der Waals surface area (Å²) >= 11 is 0. The molecule has 0 N–H and O–H groups in total.